The Morgan fingerprint density at radius 3 is 2.67 bits per heavy atom. The van der Waals surface area contributed by atoms with Crippen LogP contribution in [-0.2, 0) is 29.8 Å². The Morgan fingerprint density at radius 2 is 1.93 bits per heavy atom. The molecule has 0 bridgehead atoms. The molecule has 3 heterocycles. The zero-order valence-corrected chi connectivity index (χ0v) is 24.3. The summed E-state index contributed by atoms with van der Waals surface area (Å²) < 4.78 is 0. The van der Waals surface area contributed by atoms with Crippen LogP contribution in [0.15, 0.2) is 59.7 Å². The first kappa shape index (κ1) is 28.3. The molecule has 0 saturated heterocycles. The zero-order valence-electron chi connectivity index (χ0n) is 24.3. The largest absolute Gasteiger partial charge is 0.465 e. The minimum Gasteiger partial charge on any atom is -0.465 e. The van der Waals surface area contributed by atoms with Crippen LogP contribution in [0.3, 0.4) is 0 Å². The third-order valence-electron chi connectivity index (χ3n) is 8.61. The molecule has 6 rings (SSSR count). The second-order valence-electron chi connectivity index (χ2n) is 11.9. The number of aromatic nitrogens is 2. The van der Waals surface area contributed by atoms with Gasteiger partial charge in [-0.05, 0) is 66.8 Å². The average Bonchev–Trinajstić information content (AvgIpc) is 3.53. The summed E-state index contributed by atoms with van der Waals surface area (Å²) in [7, 11) is 0. The van der Waals surface area contributed by atoms with Crippen molar-refractivity contribution in [2.24, 2.45) is 16.6 Å². The summed E-state index contributed by atoms with van der Waals surface area (Å²) in [5, 5.41) is 11.1. The number of nitrogens with one attached hydrogen (secondary N) is 1. The van der Waals surface area contributed by atoms with Crippen LogP contribution in [0.25, 0.3) is 0 Å². The standard InChI is InChI=1S/C32H35N7O4/c1-19(2)13-14-32(23-8-4-3-5-9-23)28(41)39(29(33)37-32)26-10-6-7-20-11-12-21(15-24(20)26)27(40)38-17-22-16-34-30(36-31(42)43)35-25(22)18-38/h3-5,8-9,11-12,15-16,19,26H,6-7,10,13-14,17-18H2,1-2H3,(H2,33,37)(H,42,43)(H,34,35,36)/t26-,32-/m1/s1. The SMILES string of the molecule is CC(C)CC[C@]1(c2ccccc2)N=C(N)N([C@@H]2CCCc3ccc(C(=O)N4Cc5cnc(NC(=O)O)nc5C4)cc32)C1=O. The van der Waals surface area contributed by atoms with E-state index in [0.29, 0.717) is 36.6 Å². The van der Waals surface area contributed by atoms with Gasteiger partial charge in [0.05, 0.1) is 18.3 Å². The van der Waals surface area contributed by atoms with Crippen LogP contribution in [-0.4, -0.2) is 48.7 Å². The van der Waals surface area contributed by atoms with E-state index in [-0.39, 0.29) is 36.3 Å². The number of aryl methyl sites for hydroxylation is 1. The predicted molar refractivity (Wildman–Crippen MR) is 160 cm³/mol. The molecule has 1 aromatic heterocycles. The minimum atomic E-state index is -1.25. The molecule has 2 aliphatic heterocycles. The van der Waals surface area contributed by atoms with Crippen molar-refractivity contribution >= 4 is 29.8 Å². The molecule has 0 unspecified atom stereocenters. The molecule has 0 spiro atoms. The zero-order chi connectivity index (χ0) is 30.3. The van der Waals surface area contributed by atoms with Gasteiger partial charge in [-0.15, -0.1) is 0 Å². The predicted octanol–water partition coefficient (Wildman–Crippen LogP) is 4.59. The van der Waals surface area contributed by atoms with E-state index in [1.54, 1.807) is 16.0 Å². The second kappa shape index (κ2) is 11.1. The number of carboxylic acid groups (broad SMARTS) is 1. The third-order valence-corrected chi connectivity index (χ3v) is 8.61. The molecule has 0 fully saturated rings. The number of nitrogens with zero attached hydrogens (tertiary/aromatic N) is 5. The van der Waals surface area contributed by atoms with Crippen LogP contribution in [0.5, 0.6) is 0 Å². The highest BCUT2D eigenvalue weighted by Gasteiger charge is 2.51. The maximum Gasteiger partial charge on any atom is 0.411 e. The van der Waals surface area contributed by atoms with E-state index in [0.717, 1.165) is 41.5 Å². The number of benzene rings is 2. The van der Waals surface area contributed by atoms with E-state index in [2.05, 4.69) is 29.1 Å². The second-order valence-corrected chi connectivity index (χ2v) is 11.9. The van der Waals surface area contributed by atoms with E-state index in [4.69, 9.17) is 15.8 Å². The van der Waals surface area contributed by atoms with E-state index < -0.39 is 11.6 Å². The van der Waals surface area contributed by atoms with Crippen molar-refractivity contribution in [3.63, 3.8) is 0 Å². The van der Waals surface area contributed by atoms with Gasteiger partial charge >= 0.3 is 6.09 Å². The maximum absolute atomic E-state index is 14.4. The number of fused-ring (bicyclic) bond motifs is 2. The summed E-state index contributed by atoms with van der Waals surface area (Å²) in [6.07, 6.45) is 4.12. The lowest BCUT2D eigenvalue weighted by molar-refractivity contribution is -0.133. The summed E-state index contributed by atoms with van der Waals surface area (Å²) in [4.78, 5) is 55.6. The number of aliphatic imine (C=N–C) groups is 1. The molecule has 43 heavy (non-hydrogen) atoms. The van der Waals surface area contributed by atoms with Gasteiger partial charge in [0.2, 0.25) is 5.95 Å². The Labute approximate surface area is 249 Å². The van der Waals surface area contributed by atoms with Gasteiger partial charge in [0.1, 0.15) is 0 Å². The summed E-state index contributed by atoms with van der Waals surface area (Å²) in [6, 6.07) is 15.0. The molecule has 11 nitrogen and oxygen atoms in total. The number of anilines is 1. The molecule has 222 valence electrons. The van der Waals surface area contributed by atoms with Crippen molar-refractivity contribution in [2.45, 2.75) is 70.6 Å². The molecule has 11 heteroatoms. The molecular formula is C32H35N7O4. The maximum atomic E-state index is 14.4. The lowest BCUT2D eigenvalue weighted by atomic mass is 9.81. The number of hydrogen-bond donors (Lipinski definition) is 3. The first-order chi connectivity index (χ1) is 20.7. The first-order valence-corrected chi connectivity index (χ1v) is 14.7. The Hall–Kier alpha value is -4.80. The summed E-state index contributed by atoms with van der Waals surface area (Å²) in [5.41, 5.74) is 10.2. The molecule has 3 aromatic rings. The summed E-state index contributed by atoms with van der Waals surface area (Å²) in [6.45, 7) is 4.83. The van der Waals surface area contributed by atoms with Crippen LogP contribution < -0.4 is 11.1 Å². The lowest BCUT2D eigenvalue weighted by Gasteiger charge is -2.35. The van der Waals surface area contributed by atoms with Crippen LogP contribution in [0, 0.1) is 5.92 Å². The van der Waals surface area contributed by atoms with Crippen LogP contribution in [0.1, 0.15) is 83.9 Å². The van der Waals surface area contributed by atoms with Gasteiger partial charge in [-0.3, -0.25) is 19.8 Å². The number of carbonyl (C=O) groups is 3. The number of amides is 3. The highest BCUT2D eigenvalue weighted by molar-refractivity contribution is 6.07. The highest BCUT2D eigenvalue weighted by atomic mass is 16.4. The molecule has 3 amide bonds. The molecule has 0 radical (unpaired) electrons. The average molecular weight is 582 g/mol. The summed E-state index contributed by atoms with van der Waals surface area (Å²) in [5.74, 6) is 0.289. The first-order valence-electron chi connectivity index (χ1n) is 14.7. The molecule has 2 atom stereocenters. The van der Waals surface area contributed by atoms with Crippen LogP contribution in [0.2, 0.25) is 0 Å². The molecule has 4 N–H and O–H groups in total. The van der Waals surface area contributed by atoms with Gasteiger partial charge in [0.25, 0.3) is 11.8 Å². The van der Waals surface area contributed by atoms with Crippen molar-refractivity contribution in [2.75, 3.05) is 5.32 Å². The van der Waals surface area contributed by atoms with Crippen LogP contribution in [0.4, 0.5) is 10.7 Å². The van der Waals surface area contributed by atoms with Gasteiger partial charge in [-0.2, -0.15) is 0 Å². The fourth-order valence-electron chi connectivity index (χ4n) is 6.42. The third kappa shape index (κ3) is 5.19. The highest BCUT2D eigenvalue weighted by Crippen LogP contribution is 2.44. The van der Waals surface area contributed by atoms with E-state index in [1.165, 1.54) is 0 Å². The molecule has 3 aliphatic rings. The fraction of sp³-hybridized carbons (Fsp3) is 0.375. The smallest absolute Gasteiger partial charge is 0.411 e. The number of carbonyl (C=O) groups excluding carboxylic acids is 2. The van der Waals surface area contributed by atoms with Gasteiger partial charge in [-0.1, -0.05) is 50.2 Å². The molecule has 2 aromatic carbocycles. The Bertz CT molecular complexity index is 1620. The number of hydrogen-bond acceptors (Lipinski definition) is 7. The molecule has 1 aliphatic carbocycles. The number of guanidine groups is 1. The number of rotatable bonds is 7. The summed E-state index contributed by atoms with van der Waals surface area (Å²) >= 11 is 0. The van der Waals surface area contributed by atoms with Crippen LogP contribution >= 0.6 is 0 Å². The Morgan fingerprint density at radius 1 is 1.14 bits per heavy atom. The monoisotopic (exact) mass is 581 g/mol. The Balaban J connectivity index is 1.28. The topological polar surface area (TPSA) is 154 Å². The van der Waals surface area contributed by atoms with Gasteiger partial charge in [0.15, 0.2) is 11.5 Å². The van der Waals surface area contributed by atoms with Crippen molar-refractivity contribution in [3.05, 3.63) is 88.2 Å². The molecular weight excluding hydrogens is 546 g/mol. The van der Waals surface area contributed by atoms with Crippen molar-refractivity contribution in [1.29, 1.82) is 0 Å². The molecule has 0 saturated carbocycles. The van der Waals surface area contributed by atoms with E-state index in [9.17, 15) is 14.4 Å². The quantitative estimate of drug-likeness (QED) is 0.369. The van der Waals surface area contributed by atoms with Crippen molar-refractivity contribution in [1.82, 2.24) is 19.8 Å². The van der Waals surface area contributed by atoms with Gasteiger partial charge in [-0.25, -0.2) is 19.8 Å². The van der Waals surface area contributed by atoms with Crippen molar-refractivity contribution in [3.8, 4) is 0 Å². The lowest BCUT2D eigenvalue weighted by Crippen LogP contribution is -2.46. The normalized spacial score (nSPS) is 21.0. The Kier molecular flexibility index (Phi) is 7.33. The fourth-order valence-corrected chi connectivity index (χ4v) is 6.42. The number of nitrogens with two attached hydrogens (primary N) is 1. The van der Waals surface area contributed by atoms with E-state index in [1.807, 2.05) is 48.5 Å². The minimum absolute atomic E-state index is 0.0216. The van der Waals surface area contributed by atoms with E-state index >= 15 is 0 Å². The van der Waals surface area contributed by atoms with Gasteiger partial charge < -0.3 is 15.7 Å². The van der Waals surface area contributed by atoms with Gasteiger partial charge in [0, 0.05) is 23.9 Å². The van der Waals surface area contributed by atoms with Crippen molar-refractivity contribution < 1.29 is 19.5 Å².